The summed E-state index contributed by atoms with van der Waals surface area (Å²) in [6.45, 7) is 1.92. The number of aromatic nitrogens is 2. The van der Waals surface area contributed by atoms with E-state index >= 15 is 0 Å². The van der Waals surface area contributed by atoms with Crippen LogP contribution in [0.4, 0.5) is 5.82 Å². The van der Waals surface area contributed by atoms with Crippen molar-refractivity contribution in [2.24, 2.45) is 11.7 Å². The summed E-state index contributed by atoms with van der Waals surface area (Å²) in [7, 11) is 0. The molecule has 1 unspecified atom stereocenters. The van der Waals surface area contributed by atoms with Gasteiger partial charge in [-0.3, -0.25) is 4.79 Å². The summed E-state index contributed by atoms with van der Waals surface area (Å²) in [5.41, 5.74) is 6.97. The number of hydrogen-bond donors (Lipinski definition) is 1. The van der Waals surface area contributed by atoms with Crippen LogP contribution >= 0.6 is 11.3 Å². The number of fused-ring (bicyclic) bond motifs is 3. The van der Waals surface area contributed by atoms with Crippen molar-refractivity contribution in [1.29, 1.82) is 0 Å². The van der Waals surface area contributed by atoms with Crippen LogP contribution in [0.1, 0.15) is 67.1 Å². The molecular weight excluding hydrogens is 344 g/mol. The first-order chi connectivity index (χ1) is 12.7. The average molecular weight is 371 g/mol. The zero-order chi connectivity index (χ0) is 17.7. The number of carbonyl (C=O) groups excluding carboxylic acids is 1. The zero-order valence-electron chi connectivity index (χ0n) is 15.2. The van der Waals surface area contributed by atoms with Gasteiger partial charge in [-0.15, -0.1) is 11.3 Å². The Hall–Kier alpha value is -1.69. The molecule has 1 atom stereocenters. The lowest BCUT2D eigenvalue weighted by Gasteiger charge is -2.34. The zero-order valence-corrected chi connectivity index (χ0v) is 16.0. The Kier molecular flexibility index (Phi) is 4.11. The van der Waals surface area contributed by atoms with Gasteiger partial charge < -0.3 is 10.6 Å². The predicted octanol–water partition coefficient (Wildman–Crippen LogP) is 3.54. The topological polar surface area (TPSA) is 72.1 Å². The summed E-state index contributed by atoms with van der Waals surface area (Å²) < 4.78 is 0. The number of aryl methyl sites for hydroxylation is 2. The highest BCUT2D eigenvalue weighted by atomic mass is 32.1. The summed E-state index contributed by atoms with van der Waals surface area (Å²) in [6.07, 6.45) is 10.0. The van der Waals surface area contributed by atoms with Crippen LogP contribution in [-0.4, -0.2) is 29.0 Å². The Morgan fingerprint density at radius 2 is 2.00 bits per heavy atom. The smallest absolute Gasteiger partial charge is 0.217 e. The van der Waals surface area contributed by atoms with Crippen LogP contribution in [0, 0.1) is 5.92 Å². The molecule has 138 valence electrons. The number of anilines is 1. The number of piperidine rings is 1. The van der Waals surface area contributed by atoms with Gasteiger partial charge in [0.2, 0.25) is 5.91 Å². The summed E-state index contributed by atoms with van der Waals surface area (Å²) in [5, 5.41) is 1.31. The third kappa shape index (κ3) is 2.98. The van der Waals surface area contributed by atoms with E-state index in [-0.39, 0.29) is 5.91 Å². The monoisotopic (exact) mass is 370 g/mol. The van der Waals surface area contributed by atoms with Crippen molar-refractivity contribution in [3.8, 4) is 0 Å². The van der Waals surface area contributed by atoms with Gasteiger partial charge >= 0.3 is 0 Å². The number of thiophene rings is 1. The number of carbonyl (C=O) groups is 1. The van der Waals surface area contributed by atoms with Crippen molar-refractivity contribution in [3.63, 3.8) is 0 Å². The van der Waals surface area contributed by atoms with E-state index in [1.54, 1.807) is 0 Å². The van der Waals surface area contributed by atoms with Crippen molar-refractivity contribution in [2.75, 3.05) is 18.0 Å². The molecule has 3 aliphatic rings. The molecule has 5 rings (SSSR count). The van der Waals surface area contributed by atoms with Gasteiger partial charge in [-0.2, -0.15) is 0 Å². The summed E-state index contributed by atoms with van der Waals surface area (Å²) >= 11 is 1.90. The molecule has 6 heteroatoms. The van der Waals surface area contributed by atoms with Crippen molar-refractivity contribution >= 4 is 33.3 Å². The second-order valence-corrected chi connectivity index (χ2v) is 9.28. The Morgan fingerprint density at radius 1 is 1.15 bits per heavy atom. The van der Waals surface area contributed by atoms with E-state index in [1.807, 2.05) is 11.3 Å². The molecule has 2 aromatic heterocycles. The Balaban J connectivity index is 1.58. The highest BCUT2D eigenvalue weighted by Crippen LogP contribution is 2.44. The van der Waals surface area contributed by atoms with Crippen molar-refractivity contribution < 1.29 is 4.79 Å². The summed E-state index contributed by atoms with van der Waals surface area (Å²) in [5.74, 6) is 2.92. The standard InChI is InChI=1S/C20H26N4OS/c21-16(25)10-12-4-3-9-24(11-12)19-17-14-5-1-2-6-15(14)26-20(17)23-18(22-19)13-7-8-13/h12-13H,1-11H2,(H2,21,25). The maximum atomic E-state index is 11.4. The highest BCUT2D eigenvalue weighted by Gasteiger charge is 2.32. The normalized spacial score (nSPS) is 23.2. The van der Waals surface area contributed by atoms with Gasteiger partial charge in [-0.05, 0) is 62.8 Å². The largest absolute Gasteiger partial charge is 0.370 e. The van der Waals surface area contributed by atoms with Crippen molar-refractivity contribution in [2.45, 2.75) is 63.7 Å². The van der Waals surface area contributed by atoms with Crippen LogP contribution in [0.3, 0.4) is 0 Å². The number of primary amides is 1. The Labute approximate surface area is 158 Å². The van der Waals surface area contributed by atoms with Crippen LogP contribution in [0.15, 0.2) is 0 Å². The number of rotatable bonds is 4. The van der Waals surface area contributed by atoms with E-state index in [4.69, 9.17) is 15.7 Å². The fourth-order valence-electron chi connectivity index (χ4n) is 4.62. The molecule has 0 bridgehead atoms. The minimum Gasteiger partial charge on any atom is -0.370 e. The molecule has 1 saturated carbocycles. The molecular formula is C20H26N4OS. The molecule has 2 fully saturated rings. The number of amides is 1. The predicted molar refractivity (Wildman–Crippen MR) is 105 cm³/mol. The first-order valence-electron chi connectivity index (χ1n) is 10.0. The quantitative estimate of drug-likeness (QED) is 0.893. The maximum absolute atomic E-state index is 11.4. The van der Waals surface area contributed by atoms with E-state index in [2.05, 4.69) is 4.90 Å². The highest BCUT2D eigenvalue weighted by molar-refractivity contribution is 7.19. The van der Waals surface area contributed by atoms with Crippen LogP contribution < -0.4 is 10.6 Å². The molecule has 26 heavy (non-hydrogen) atoms. The molecule has 1 saturated heterocycles. The fourth-order valence-corrected chi connectivity index (χ4v) is 5.88. The summed E-state index contributed by atoms with van der Waals surface area (Å²) in [6, 6.07) is 0. The van der Waals surface area contributed by atoms with Gasteiger partial charge in [0.25, 0.3) is 0 Å². The number of nitrogens with zero attached hydrogens (tertiary/aromatic N) is 3. The van der Waals surface area contributed by atoms with Crippen LogP contribution in [0.5, 0.6) is 0 Å². The average Bonchev–Trinajstić information content (AvgIpc) is 3.41. The fraction of sp³-hybridized carbons (Fsp3) is 0.650. The van der Waals surface area contributed by atoms with Crippen LogP contribution in [-0.2, 0) is 17.6 Å². The third-order valence-corrected chi connectivity index (χ3v) is 7.25. The van der Waals surface area contributed by atoms with Gasteiger partial charge in [0, 0.05) is 30.3 Å². The van der Waals surface area contributed by atoms with E-state index < -0.39 is 0 Å². The van der Waals surface area contributed by atoms with Crippen molar-refractivity contribution in [1.82, 2.24) is 9.97 Å². The summed E-state index contributed by atoms with van der Waals surface area (Å²) in [4.78, 5) is 26.6. The van der Waals surface area contributed by atoms with Crippen LogP contribution in [0.25, 0.3) is 10.2 Å². The molecule has 0 radical (unpaired) electrons. The Morgan fingerprint density at radius 3 is 2.81 bits per heavy atom. The molecule has 0 aromatic carbocycles. The molecule has 5 nitrogen and oxygen atoms in total. The molecule has 0 spiro atoms. The minimum atomic E-state index is -0.184. The lowest BCUT2D eigenvalue weighted by Crippen LogP contribution is -2.38. The van der Waals surface area contributed by atoms with E-state index in [1.165, 1.54) is 52.8 Å². The van der Waals surface area contributed by atoms with Gasteiger partial charge in [-0.25, -0.2) is 9.97 Å². The van der Waals surface area contributed by atoms with Gasteiger partial charge in [0.05, 0.1) is 5.39 Å². The van der Waals surface area contributed by atoms with Gasteiger partial charge in [-0.1, -0.05) is 0 Å². The molecule has 1 amide bonds. The lowest BCUT2D eigenvalue weighted by atomic mass is 9.93. The van der Waals surface area contributed by atoms with E-state index in [9.17, 15) is 4.79 Å². The number of nitrogens with two attached hydrogens (primary N) is 1. The molecule has 3 heterocycles. The van der Waals surface area contributed by atoms with E-state index in [0.717, 1.165) is 44.0 Å². The minimum absolute atomic E-state index is 0.184. The molecule has 2 aromatic rings. The van der Waals surface area contributed by atoms with Crippen molar-refractivity contribution in [3.05, 3.63) is 16.3 Å². The Bertz CT molecular complexity index is 857. The second-order valence-electron chi connectivity index (χ2n) is 8.20. The number of hydrogen-bond acceptors (Lipinski definition) is 5. The SMILES string of the molecule is NC(=O)CC1CCCN(c2nc(C3CC3)nc3sc4c(c23)CCCC4)C1. The first kappa shape index (κ1) is 16.5. The first-order valence-corrected chi connectivity index (χ1v) is 10.9. The lowest BCUT2D eigenvalue weighted by molar-refractivity contribution is -0.118. The molecule has 2 aliphatic carbocycles. The second kappa shape index (κ2) is 6.48. The van der Waals surface area contributed by atoms with E-state index in [0.29, 0.717) is 18.3 Å². The van der Waals surface area contributed by atoms with Gasteiger partial charge in [0.1, 0.15) is 16.5 Å². The van der Waals surface area contributed by atoms with Gasteiger partial charge in [0.15, 0.2) is 0 Å². The molecule has 1 aliphatic heterocycles. The third-order valence-electron chi connectivity index (χ3n) is 6.06. The molecule has 2 N–H and O–H groups in total. The van der Waals surface area contributed by atoms with Crippen LogP contribution in [0.2, 0.25) is 0 Å². The maximum Gasteiger partial charge on any atom is 0.217 e.